The Bertz CT molecular complexity index is 933. The van der Waals surface area contributed by atoms with Gasteiger partial charge in [0.2, 0.25) is 0 Å². The molecule has 1 aromatic heterocycles. The highest BCUT2D eigenvalue weighted by atomic mass is 16.5. The highest BCUT2D eigenvalue weighted by Crippen LogP contribution is 2.27. The summed E-state index contributed by atoms with van der Waals surface area (Å²) in [6.07, 6.45) is 1.88. The molecule has 1 heterocycles. The van der Waals surface area contributed by atoms with E-state index in [4.69, 9.17) is 14.2 Å². The number of hydrogen-bond donors (Lipinski definition) is 1. The van der Waals surface area contributed by atoms with Gasteiger partial charge in [-0.05, 0) is 23.8 Å². The van der Waals surface area contributed by atoms with Gasteiger partial charge in [-0.25, -0.2) is 0 Å². The second-order valence-electron chi connectivity index (χ2n) is 6.12. The maximum Gasteiger partial charge on any atom is 0.253 e. The van der Waals surface area contributed by atoms with Crippen molar-refractivity contribution in [1.29, 1.82) is 0 Å². The molecule has 0 saturated carbocycles. The zero-order valence-corrected chi connectivity index (χ0v) is 15.8. The lowest BCUT2D eigenvalue weighted by Gasteiger charge is -2.10. The highest BCUT2D eigenvalue weighted by molar-refractivity contribution is 6.07. The number of nitrogens with one attached hydrogen (secondary N) is 1. The van der Waals surface area contributed by atoms with Gasteiger partial charge in [0.25, 0.3) is 5.91 Å². The molecule has 1 amide bonds. The fourth-order valence-electron chi connectivity index (χ4n) is 3.07. The van der Waals surface area contributed by atoms with E-state index in [1.165, 1.54) is 0 Å². The van der Waals surface area contributed by atoms with Crippen molar-refractivity contribution in [2.24, 2.45) is 0 Å². The molecule has 0 aliphatic heterocycles. The molecule has 1 N–H and O–H groups in total. The Kier molecular flexibility index (Phi) is 5.98. The Morgan fingerprint density at radius 2 is 1.81 bits per heavy atom. The number of carbonyl (C=O) groups excluding carboxylic acids is 1. The van der Waals surface area contributed by atoms with Crippen molar-refractivity contribution in [2.75, 3.05) is 27.9 Å². The number of aromatic nitrogens is 1. The van der Waals surface area contributed by atoms with Gasteiger partial charge in [-0.2, -0.15) is 0 Å². The molecule has 3 aromatic rings. The minimum absolute atomic E-state index is 0.114. The number of nitrogens with zero attached hydrogens (tertiary/aromatic N) is 1. The van der Waals surface area contributed by atoms with Gasteiger partial charge in [-0.1, -0.05) is 24.3 Å². The average Bonchev–Trinajstić information content (AvgIpc) is 3.09. The summed E-state index contributed by atoms with van der Waals surface area (Å²) in [5, 5.41) is 3.91. The molecule has 0 aliphatic rings. The third-order valence-corrected chi connectivity index (χ3v) is 4.47. The molecule has 0 atom stereocenters. The van der Waals surface area contributed by atoms with Crippen LogP contribution < -0.4 is 14.8 Å². The molecule has 3 rings (SSSR count). The van der Waals surface area contributed by atoms with Gasteiger partial charge in [0.05, 0.1) is 26.4 Å². The van der Waals surface area contributed by atoms with Crippen LogP contribution in [0, 0.1) is 0 Å². The number of fused-ring (bicyclic) bond motifs is 1. The van der Waals surface area contributed by atoms with Crippen molar-refractivity contribution in [3.8, 4) is 11.5 Å². The SMILES string of the molecule is COCCn1cc(C(=O)NCc2ccc(OC)c(OC)c2)c2ccccc21. The first kappa shape index (κ1) is 18.8. The molecule has 142 valence electrons. The molecule has 0 saturated heterocycles. The molecule has 0 bridgehead atoms. The predicted molar refractivity (Wildman–Crippen MR) is 105 cm³/mol. The Morgan fingerprint density at radius 3 is 2.56 bits per heavy atom. The molecular formula is C21H24N2O4. The van der Waals surface area contributed by atoms with Gasteiger partial charge >= 0.3 is 0 Å². The molecule has 0 aliphatic carbocycles. The summed E-state index contributed by atoms with van der Waals surface area (Å²) in [7, 11) is 4.86. The summed E-state index contributed by atoms with van der Waals surface area (Å²) in [5.74, 6) is 1.19. The Morgan fingerprint density at radius 1 is 1.04 bits per heavy atom. The van der Waals surface area contributed by atoms with Crippen LogP contribution in [-0.4, -0.2) is 38.4 Å². The summed E-state index contributed by atoms with van der Waals surface area (Å²) in [4.78, 5) is 12.8. The highest BCUT2D eigenvalue weighted by Gasteiger charge is 2.15. The van der Waals surface area contributed by atoms with Gasteiger partial charge in [0.1, 0.15) is 0 Å². The van der Waals surface area contributed by atoms with E-state index in [0.29, 0.717) is 36.8 Å². The van der Waals surface area contributed by atoms with Crippen molar-refractivity contribution in [3.05, 3.63) is 59.8 Å². The largest absolute Gasteiger partial charge is 0.493 e. The first-order valence-electron chi connectivity index (χ1n) is 8.73. The van der Waals surface area contributed by atoms with Crippen LogP contribution in [0.4, 0.5) is 0 Å². The second kappa shape index (κ2) is 8.60. The van der Waals surface area contributed by atoms with Crippen LogP contribution in [-0.2, 0) is 17.8 Å². The average molecular weight is 368 g/mol. The fourth-order valence-corrected chi connectivity index (χ4v) is 3.07. The number of ether oxygens (including phenoxy) is 3. The Balaban J connectivity index is 1.78. The van der Waals surface area contributed by atoms with E-state index < -0.39 is 0 Å². The lowest BCUT2D eigenvalue weighted by molar-refractivity contribution is 0.0952. The molecule has 0 fully saturated rings. The van der Waals surface area contributed by atoms with Crippen LogP contribution >= 0.6 is 0 Å². The Hall–Kier alpha value is -2.99. The van der Waals surface area contributed by atoms with Crippen LogP contribution in [0.5, 0.6) is 11.5 Å². The summed E-state index contributed by atoms with van der Waals surface area (Å²) >= 11 is 0. The normalized spacial score (nSPS) is 10.8. The smallest absolute Gasteiger partial charge is 0.253 e. The lowest BCUT2D eigenvalue weighted by atomic mass is 10.1. The minimum Gasteiger partial charge on any atom is -0.493 e. The van der Waals surface area contributed by atoms with Crippen LogP contribution in [0.1, 0.15) is 15.9 Å². The number of para-hydroxylation sites is 1. The molecule has 6 heteroatoms. The topological polar surface area (TPSA) is 61.7 Å². The van der Waals surface area contributed by atoms with E-state index in [0.717, 1.165) is 16.5 Å². The van der Waals surface area contributed by atoms with E-state index in [-0.39, 0.29) is 5.91 Å². The number of benzene rings is 2. The van der Waals surface area contributed by atoms with Gasteiger partial charge < -0.3 is 24.1 Å². The maximum absolute atomic E-state index is 12.8. The van der Waals surface area contributed by atoms with Crippen LogP contribution in [0.25, 0.3) is 10.9 Å². The number of methoxy groups -OCH3 is 3. The monoisotopic (exact) mass is 368 g/mol. The summed E-state index contributed by atoms with van der Waals surface area (Å²) in [6, 6.07) is 13.5. The zero-order valence-electron chi connectivity index (χ0n) is 15.8. The Labute approximate surface area is 158 Å². The maximum atomic E-state index is 12.8. The molecule has 6 nitrogen and oxygen atoms in total. The van der Waals surface area contributed by atoms with Crippen LogP contribution in [0.2, 0.25) is 0 Å². The third kappa shape index (κ3) is 4.06. The van der Waals surface area contributed by atoms with Crippen molar-refractivity contribution in [3.63, 3.8) is 0 Å². The van der Waals surface area contributed by atoms with E-state index in [9.17, 15) is 4.79 Å². The molecule has 0 unspecified atom stereocenters. The molecular weight excluding hydrogens is 344 g/mol. The number of amides is 1. The number of hydrogen-bond acceptors (Lipinski definition) is 4. The first-order chi connectivity index (χ1) is 13.2. The van der Waals surface area contributed by atoms with Gasteiger partial charge in [0, 0.05) is 37.3 Å². The van der Waals surface area contributed by atoms with Crippen molar-refractivity contribution < 1.29 is 19.0 Å². The number of rotatable bonds is 8. The molecule has 27 heavy (non-hydrogen) atoms. The van der Waals surface area contributed by atoms with Crippen molar-refractivity contribution >= 4 is 16.8 Å². The van der Waals surface area contributed by atoms with Gasteiger partial charge in [-0.3, -0.25) is 4.79 Å². The zero-order chi connectivity index (χ0) is 19.2. The lowest BCUT2D eigenvalue weighted by Crippen LogP contribution is -2.22. The van der Waals surface area contributed by atoms with Crippen LogP contribution in [0.15, 0.2) is 48.7 Å². The minimum atomic E-state index is -0.114. The summed E-state index contributed by atoms with van der Waals surface area (Å²) in [5.41, 5.74) is 2.61. The third-order valence-electron chi connectivity index (χ3n) is 4.47. The molecule has 0 radical (unpaired) electrons. The van der Waals surface area contributed by atoms with Crippen LogP contribution in [0.3, 0.4) is 0 Å². The van der Waals surface area contributed by atoms with Gasteiger partial charge in [0.15, 0.2) is 11.5 Å². The molecule has 2 aromatic carbocycles. The van der Waals surface area contributed by atoms with E-state index in [2.05, 4.69) is 5.32 Å². The standard InChI is InChI=1S/C21H24N2O4/c1-25-11-10-23-14-17(16-6-4-5-7-18(16)23)21(24)22-13-15-8-9-19(26-2)20(12-15)27-3/h4-9,12,14H,10-11,13H2,1-3H3,(H,22,24). The van der Waals surface area contributed by atoms with Crippen molar-refractivity contribution in [1.82, 2.24) is 9.88 Å². The fraction of sp³-hybridized carbons (Fsp3) is 0.286. The quantitative estimate of drug-likeness (QED) is 0.663. The van der Waals surface area contributed by atoms with Gasteiger partial charge in [-0.15, -0.1) is 0 Å². The summed E-state index contributed by atoms with van der Waals surface area (Å²) in [6.45, 7) is 1.68. The van der Waals surface area contributed by atoms with E-state index >= 15 is 0 Å². The molecule has 0 spiro atoms. The number of carbonyl (C=O) groups is 1. The van der Waals surface area contributed by atoms with E-state index in [1.54, 1.807) is 21.3 Å². The first-order valence-corrected chi connectivity index (χ1v) is 8.73. The summed E-state index contributed by atoms with van der Waals surface area (Å²) < 4.78 is 17.8. The second-order valence-corrected chi connectivity index (χ2v) is 6.12. The van der Waals surface area contributed by atoms with Crippen molar-refractivity contribution in [2.45, 2.75) is 13.1 Å². The predicted octanol–water partition coefficient (Wildman–Crippen LogP) is 3.23. The van der Waals surface area contributed by atoms with E-state index in [1.807, 2.05) is 53.2 Å².